The maximum absolute atomic E-state index is 13.0. The van der Waals surface area contributed by atoms with Gasteiger partial charge in [-0.05, 0) is 52.5 Å². The van der Waals surface area contributed by atoms with Crippen LogP contribution in [-0.4, -0.2) is 33.9 Å². The molecule has 0 aromatic carbocycles. The Hall–Kier alpha value is -1.78. The fourth-order valence-corrected chi connectivity index (χ4v) is 3.67. The standard InChI is InChI=1S/C17H25N3O2/c1-10-4-5-13(16(18)21)9-19(10)17(22)15-8-11(2)20(12(15)3)14-6-7-14/h8,10,13-14H,4-7,9H2,1-3H3,(H2,18,21)/t10-,13-/m0/s1. The second kappa shape index (κ2) is 5.45. The summed E-state index contributed by atoms with van der Waals surface area (Å²) in [6.07, 6.45) is 4.02. The van der Waals surface area contributed by atoms with Crippen LogP contribution < -0.4 is 5.73 Å². The van der Waals surface area contributed by atoms with Crippen molar-refractivity contribution in [3.8, 4) is 0 Å². The van der Waals surface area contributed by atoms with E-state index in [1.807, 2.05) is 17.9 Å². The Morgan fingerprint density at radius 1 is 1.18 bits per heavy atom. The second-order valence-electron chi connectivity index (χ2n) is 6.87. The molecule has 1 aromatic rings. The molecule has 1 aromatic heterocycles. The van der Waals surface area contributed by atoms with Gasteiger partial charge in [-0.2, -0.15) is 0 Å². The highest BCUT2D eigenvalue weighted by molar-refractivity contribution is 5.96. The molecule has 3 rings (SSSR count). The lowest BCUT2D eigenvalue weighted by Crippen LogP contribution is -2.48. The van der Waals surface area contributed by atoms with E-state index in [-0.39, 0.29) is 23.8 Å². The molecule has 120 valence electrons. The van der Waals surface area contributed by atoms with Crippen molar-refractivity contribution in [2.45, 2.75) is 58.5 Å². The van der Waals surface area contributed by atoms with Crippen molar-refractivity contribution in [2.75, 3.05) is 6.54 Å². The molecule has 1 aliphatic carbocycles. The number of carbonyl (C=O) groups is 2. The number of carbonyl (C=O) groups excluding carboxylic acids is 2. The van der Waals surface area contributed by atoms with Crippen LogP contribution in [0.1, 0.15) is 60.4 Å². The zero-order valence-corrected chi connectivity index (χ0v) is 13.6. The van der Waals surface area contributed by atoms with Crippen molar-refractivity contribution in [3.05, 3.63) is 23.0 Å². The Kier molecular flexibility index (Phi) is 3.75. The number of hydrogen-bond donors (Lipinski definition) is 1. The number of nitrogens with zero attached hydrogens (tertiary/aromatic N) is 2. The molecule has 1 saturated carbocycles. The van der Waals surface area contributed by atoms with Crippen LogP contribution in [0.2, 0.25) is 0 Å². The molecular weight excluding hydrogens is 278 g/mol. The van der Waals surface area contributed by atoms with Gasteiger partial charge in [0, 0.05) is 30.0 Å². The zero-order valence-electron chi connectivity index (χ0n) is 13.6. The minimum Gasteiger partial charge on any atom is -0.369 e. The van der Waals surface area contributed by atoms with Crippen LogP contribution in [0.5, 0.6) is 0 Å². The van der Waals surface area contributed by atoms with E-state index in [2.05, 4.69) is 18.4 Å². The Morgan fingerprint density at radius 2 is 1.86 bits per heavy atom. The van der Waals surface area contributed by atoms with Crippen molar-refractivity contribution in [1.82, 2.24) is 9.47 Å². The number of piperidine rings is 1. The van der Waals surface area contributed by atoms with Crippen LogP contribution in [0.25, 0.3) is 0 Å². The van der Waals surface area contributed by atoms with Crippen molar-refractivity contribution in [1.29, 1.82) is 0 Å². The van der Waals surface area contributed by atoms with Gasteiger partial charge in [-0.1, -0.05) is 0 Å². The smallest absolute Gasteiger partial charge is 0.255 e. The monoisotopic (exact) mass is 303 g/mol. The normalized spacial score (nSPS) is 25.3. The summed E-state index contributed by atoms with van der Waals surface area (Å²) in [4.78, 5) is 26.3. The molecule has 0 radical (unpaired) electrons. The number of rotatable bonds is 3. The average Bonchev–Trinajstić information content (AvgIpc) is 3.24. The molecule has 2 aliphatic rings. The highest BCUT2D eigenvalue weighted by Gasteiger charge is 2.34. The summed E-state index contributed by atoms with van der Waals surface area (Å²) in [5.74, 6) is -0.473. The Morgan fingerprint density at radius 3 is 2.45 bits per heavy atom. The van der Waals surface area contributed by atoms with E-state index in [4.69, 9.17) is 5.73 Å². The fourth-order valence-electron chi connectivity index (χ4n) is 3.67. The molecule has 0 spiro atoms. The first-order valence-corrected chi connectivity index (χ1v) is 8.18. The molecule has 0 unspecified atom stereocenters. The lowest BCUT2D eigenvalue weighted by atomic mass is 9.92. The lowest BCUT2D eigenvalue weighted by Gasteiger charge is -2.37. The number of nitrogens with two attached hydrogens (primary N) is 1. The Labute approximate surface area is 131 Å². The molecule has 2 amide bonds. The molecule has 1 saturated heterocycles. The number of aryl methyl sites for hydroxylation is 1. The Balaban J connectivity index is 1.86. The van der Waals surface area contributed by atoms with E-state index >= 15 is 0 Å². The molecule has 2 N–H and O–H groups in total. The van der Waals surface area contributed by atoms with Gasteiger partial charge in [0.1, 0.15) is 0 Å². The highest BCUT2D eigenvalue weighted by atomic mass is 16.2. The summed E-state index contributed by atoms with van der Waals surface area (Å²) in [6, 6.07) is 2.72. The highest BCUT2D eigenvalue weighted by Crippen LogP contribution is 2.38. The molecule has 5 nitrogen and oxygen atoms in total. The maximum Gasteiger partial charge on any atom is 0.255 e. The van der Waals surface area contributed by atoms with Crippen molar-refractivity contribution < 1.29 is 9.59 Å². The molecule has 0 bridgehead atoms. The fraction of sp³-hybridized carbons (Fsp3) is 0.647. The van der Waals surface area contributed by atoms with E-state index in [1.165, 1.54) is 12.8 Å². The first-order chi connectivity index (χ1) is 10.4. The molecular formula is C17H25N3O2. The van der Waals surface area contributed by atoms with E-state index in [9.17, 15) is 9.59 Å². The predicted octanol–water partition coefficient (Wildman–Crippen LogP) is 2.17. The largest absolute Gasteiger partial charge is 0.369 e. The average molecular weight is 303 g/mol. The quantitative estimate of drug-likeness (QED) is 0.929. The van der Waals surface area contributed by atoms with Crippen LogP contribution in [0.3, 0.4) is 0 Å². The van der Waals surface area contributed by atoms with E-state index in [0.29, 0.717) is 12.6 Å². The summed E-state index contributed by atoms with van der Waals surface area (Å²) >= 11 is 0. The minimum absolute atomic E-state index is 0.0402. The predicted molar refractivity (Wildman–Crippen MR) is 84.6 cm³/mol. The summed E-state index contributed by atoms with van der Waals surface area (Å²) in [5.41, 5.74) is 8.42. The molecule has 5 heteroatoms. The lowest BCUT2D eigenvalue weighted by molar-refractivity contribution is -0.123. The molecule has 1 aliphatic heterocycles. The van der Waals surface area contributed by atoms with Gasteiger partial charge in [-0.25, -0.2) is 0 Å². The van der Waals surface area contributed by atoms with Crippen molar-refractivity contribution >= 4 is 11.8 Å². The van der Waals surface area contributed by atoms with Crippen LogP contribution in [0.15, 0.2) is 6.07 Å². The van der Waals surface area contributed by atoms with Crippen molar-refractivity contribution in [3.63, 3.8) is 0 Å². The molecule has 2 heterocycles. The van der Waals surface area contributed by atoms with Gasteiger partial charge in [0.15, 0.2) is 0 Å². The number of amides is 2. The first-order valence-electron chi connectivity index (χ1n) is 8.18. The molecule has 2 fully saturated rings. The maximum atomic E-state index is 13.0. The van der Waals surface area contributed by atoms with Gasteiger partial charge >= 0.3 is 0 Å². The molecule has 2 atom stereocenters. The minimum atomic E-state index is -0.298. The van der Waals surface area contributed by atoms with Gasteiger partial charge in [0.05, 0.1) is 11.5 Å². The van der Waals surface area contributed by atoms with Crippen LogP contribution in [0.4, 0.5) is 0 Å². The number of primary amides is 1. The number of hydrogen-bond acceptors (Lipinski definition) is 2. The summed E-state index contributed by atoms with van der Waals surface area (Å²) in [7, 11) is 0. The van der Waals surface area contributed by atoms with Crippen molar-refractivity contribution in [2.24, 2.45) is 11.7 Å². The second-order valence-corrected chi connectivity index (χ2v) is 6.87. The van der Waals surface area contributed by atoms with Gasteiger partial charge in [-0.3, -0.25) is 9.59 Å². The van der Waals surface area contributed by atoms with Gasteiger partial charge in [-0.15, -0.1) is 0 Å². The Bertz CT molecular complexity index is 616. The number of aromatic nitrogens is 1. The van der Waals surface area contributed by atoms with Gasteiger partial charge in [0.25, 0.3) is 5.91 Å². The van der Waals surface area contributed by atoms with Crippen LogP contribution >= 0.6 is 0 Å². The van der Waals surface area contributed by atoms with Gasteiger partial charge in [0.2, 0.25) is 5.91 Å². The third kappa shape index (κ3) is 2.53. The topological polar surface area (TPSA) is 68.3 Å². The summed E-state index contributed by atoms with van der Waals surface area (Å²) in [5, 5.41) is 0. The van der Waals surface area contributed by atoms with E-state index < -0.39 is 0 Å². The first kappa shape index (κ1) is 15.1. The zero-order chi connectivity index (χ0) is 16.0. The molecule has 22 heavy (non-hydrogen) atoms. The summed E-state index contributed by atoms with van der Waals surface area (Å²) < 4.78 is 2.29. The van der Waals surface area contributed by atoms with E-state index in [0.717, 1.165) is 29.8 Å². The summed E-state index contributed by atoms with van der Waals surface area (Å²) in [6.45, 7) is 6.59. The van der Waals surface area contributed by atoms with E-state index in [1.54, 1.807) is 0 Å². The number of likely N-dealkylation sites (tertiary alicyclic amines) is 1. The third-order valence-corrected chi connectivity index (χ3v) is 5.17. The third-order valence-electron chi connectivity index (χ3n) is 5.17. The van der Waals surface area contributed by atoms with Crippen LogP contribution in [0, 0.1) is 19.8 Å². The van der Waals surface area contributed by atoms with Crippen LogP contribution in [-0.2, 0) is 4.79 Å². The SMILES string of the molecule is Cc1cc(C(=O)N2C[C@@H](C(N)=O)CC[C@@H]2C)c(C)n1C1CC1. The van der Waals surface area contributed by atoms with Gasteiger partial charge < -0.3 is 15.2 Å².